The van der Waals surface area contributed by atoms with Gasteiger partial charge in [-0.1, -0.05) is 61.6 Å². The summed E-state index contributed by atoms with van der Waals surface area (Å²) in [5.74, 6) is 0.347. The van der Waals surface area contributed by atoms with Crippen LogP contribution in [-0.2, 0) is 6.42 Å². The molecule has 0 heterocycles. The summed E-state index contributed by atoms with van der Waals surface area (Å²) in [7, 11) is 0. The van der Waals surface area contributed by atoms with Crippen molar-refractivity contribution in [2.75, 3.05) is 10.7 Å². The van der Waals surface area contributed by atoms with Crippen LogP contribution in [0.1, 0.15) is 19.4 Å². The highest BCUT2D eigenvalue weighted by atomic mass is 79.9. The van der Waals surface area contributed by atoms with E-state index in [1.165, 1.54) is 6.07 Å². The normalized spacial score (nSPS) is 12.2. The molecule has 0 saturated heterocycles. The van der Waals surface area contributed by atoms with Crippen molar-refractivity contribution >= 4 is 47.8 Å². The minimum absolute atomic E-state index is 0.0433. The SMILES string of the molecule is CC(C)C(CBr)(CBr)Cc1cc(Br)ccc1F. The zero-order valence-corrected chi connectivity index (χ0v) is 14.7. The van der Waals surface area contributed by atoms with E-state index in [0.717, 1.165) is 27.1 Å². The van der Waals surface area contributed by atoms with Crippen molar-refractivity contribution in [1.29, 1.82) is 0 Å². The molecule has 1 rings (SSSR count). The fourth-order valence-electron chi connectivity index (χ4n) is 1.70. The minimum Gasteiger partial charge on any atom is -0.207 e. The molecular formula is C13H16Br3F. The summed E-state index contributed by atoms with van der Waals surface area (Å²) in [6, 6.07) is 5.13. The zero-order chi connectivity index (χ0) is 13.1. The second kappa shape index (κ2) is 6.67. The predicted octanol–water partition coefficient (Wildman–Crippen LogP) is 5.56. The molecule has 4 heteroatoms. The Morgan fingerprint density at radius 1 is 1.24 bits per heavy atom. The molecule has 1 aromatic carbocycles. The Balaban J connectivity index is 3.05. The Morgan fingerprint density at radius 3 is 2.29 bits per heavy atom. The third-order valence-corrected chi connectivity index (χ3v) is 6.03. The van der Waals surface area contributed by atoms with Gasteiger partial charge in [0.25, 0.3) is 0 Å². The summed E-state index contributed by atoms with van der Waals surface area (Å²) in [6.07, 6.45) is 0.729. The first-order valence-corrected chi connectivity index (χ1v) is 8.54. The fourth-order valence-corrected chi connectivity index (χ4v) is 4.73. The third-order valence-electron chi connectivity index (χ3n) is 3.31. The number of rotatable bonds is 5. The smallest absolute Gasteiger partial charge is 0.126 e. The van der Waals surface area contributed by atoms with Crippen LogP contribution in [0.2, 0.25) is 0 Å². The van der Waals surface area contributed by atoms with E-state index >= 15 is 0 Å². The standard InChI is InChI=1S/C13H16Br3F/c1-9(2)13(7-14,8-15)6-10-5-11(16)3-4-12(10)17/h3-5,9H,6-8H2,1-2H3. The van der Waals surface area contributed by atoms with Gasteiger partial charge in [0.15, 0.2) is 0 Å². The summed E-state index contributed by atoms with van der Waals surface area (Å²) < 4.78 is 14.7. The lowest BCUT2D eigenvalue weighted by molar-refractivity contribution is 0.264. The quantitative estimate of drug-likeness (QED) is 0.536. The van der Waals surface area contributed by atoms with Crippen LogP contribution in [0.3, 0.4) is 0 Å². The number of alkyl halides is 2. The van der Waals surface area contributed by atoms with Crippen molar-refractivity contribution in [2.24, 2.45) is 11.3 Å². The molecule has 0 aromatic heterocycles. The molecule has 0 fully saturated rings. The molecule has 0 bridgehead atoms. The van der Waals surface area contributed by atoms with Gasteiger partial charge in [0.1, 0.15) is 5.82 Å². The first kappa shape index (κ1) is 15.6. The maximum atomic E-state index is 13.8. The van der Waals surface area contributed by atoms with Gasteiger partial charge in [-0.3, -0.25) is 0 Å². The molecule has 0 aliphatic carbocycles. The number of benzene rings is 1. The van der Waals surface area contributed by atoms with Crippen LogP contribution in [0.15, 0.2) is 22.7 Å². The van der Waals surface area contributed by atoms with Crippen LogP contribution in [0.25, 0.3) is 0 Å². The van der Waals surface area contributed by atoms with Crippen LogP contribution in [0.5, 0.6) is 0 Å². The van der Waals surface area contributed by atoms with Crippen molar-refractivity contribution in [3.05, 3.63) is 34.1 Å². The van der Waals surface area contributed by atoms with E-state index in [0.29, 0.717) is 5.92 Å². The molecular weight excluding hydrogens is 415 g/mol. The van der Waals surface area contributed by atoms with Gasteiger partial charge in [-0.15, -0.1) is 0 Å². The van der Waals surface area contributed by atoms with Gasteiger partial charge in [0.05, 0.1) is 0 Å². The average molecular weight is 431 g/mol. The number of halogens is 4. The first-order valence-electron chi connectivity index (χ1n) is 5.51. The lowest BCUT2D eigenvalue weighted by Gasteiger charge is -2.34. The third kappa shape index (κ3) is 3.77. The molecule has 1 aromatic rings. The van der Waals surface area contributed by atoms with Crippen molar-refractivity contribution in [3.63, 3.8) is 0 Å². The first-order chi connectivity index (χ1) is 7.95. The van der Waals surface area contributed by atoms with Gasteiger partial charge in [-0.2, -0.15) is 0 Å². The lowest BCUT2D eigenvalue weighted by atomic mass is 9.76. The van der Waals surface area contributed by atoms with E-state index in [1.54, 1.807) is 6.07 Å². The second-order valence-corrected chi connectivity index (χ2v) is 6.73. The molecule has 17 heavy (non-hydrogen) atoms. The fraction of sp³-hybridized carbons (Fsp3) is 0.538. The van der Waals surface area contributed by atoms with E-state index < -0.39 is 0 Å². The zero-order valence-electron chi connectivity index (χ0n) is 9.94. The average Bonchev–Trinajstić information content (AvgIpc) is 2.30. The van der Waals surface area contributed by atoms with E-state index in [4.69, 9.17) is 0 Å². The molecule has 0 saturated carbocycles. The van der Waals surface area contributed by atoms with Gasteiger partial charge in [0, 0.05) is 15.1 Å². The summed E-state index contributed by atoms with van der Waals surface area (Å²) in [4.78, 5) is 0. The molecule has 0 aliphatic heterocycles. The van der Waals surface area contributed by atoms with E-state index in [1.807, 2.05) is 6.07 Å². The van der Waals surface area contributed by atoms with Crippen LogP contribution < -0.4 is 0 Å². The topological polar surface area (TPSA) is 0 Å². The molecule has 0 atom stereocenters. The Bertz CT molecular complexity index is 373. The van der Waals surface area contributed by atoms with Gasteiger partial charge in [-0.05, 0) is 41.5 Å². The van der Waals surface area contributed by atoms with Crippen molar-refractivity contribution in [3.8, 4) is 0 Å². The Labute approximate surface area is 128 Å². The molecule has 0 nitrogen and oxygen atoms in total. The van der Waals surface area contributed by atoms with Crippen molar-refractivity contribution in [1.82, 2.24) is 0 Å². The van der Waals surface area contributed by atoms with Crippen LogP contribution in [0, 0.1) is 17.2 Å². The lowest BCUT2D eigenvalue weighted by Crippen LogP contribution is -2.34. The monoisotopic (exact) mass is 428 g/mol. The van der Waals surface area contributed by atoms with Gasteiger partial charge >= 0.3 is 0 Å². The Kier molecular flexibility index (Phi) is 6.14. The molecule has 0 spiro atoms. The molecule has 0 aliphatic rings. The number of hydrogen-bond donors (Lipinski definition) is 0. The molecule has 0 N–H and O–H groups in total. The molecule has 0 amide bonds. The van der Waals surface area contributed by atoms with Gasteiger partial charge in [0.2, 0.25) is 0 Å². The van der Waals surface area contributed by atoms with Crippen molar-refractivity contribution < 1.29 is 4.39 Å². The highest BCUT2D eigenvalue weighted by molar-refractivity contribution is 9.10. The van der Waals surface area contributed by atoms with E-state index in [2.05, 4.69) is 61.6 Å². The predicted molar refractivity (Wildman–Crippen MR) is 82.7 cm³/mol. The molecule has 0 radical (unpaired) electrons. The minimum atomic E-state index is -0.125. The van der Waals surface area contributed by atoms with Gasteiger partial charge < -0.3 is 0 Å². The summed E-state index contributed by atoms with van der Waals surface area (Å²) in [6.45, 7) is 4.36. The largest absolute Gasteiger partial charge is 0.207 e. The summed E-state index contributed by atoms with van der Waals surface area (Å²) >= 11 is 10.5. The Morgan fingerprint density at radius 2 is 1.82 bits per heavy atom. The molecule has 0 unspecified atom stereocenters. The van der Waals surface area contributed by atoms with Crippen LogP contribution in [0.4, 0.5) is 4.39 Å². The van der Waals surface area contributed by atoms with Crippen LogP contribution >= 0.6 is 47.8 Å². The molecule has 96 valence electrons. The summed E-state index contributed by atoms with van der Waals surface area (Å²) in [5.41, 5.74) is 0.814. The number of hydrogen-bond acceptors (Lipinski definition) is 0. The maximum Gasteiger partial charge on any atom is 0.126 e. The van der Waals surface area contributed by atoms with Crippen molar-refractivity contribution in [2.45, 2.75) is 20.3 Å². The highest BCUT2D eigenvalue weighted by Crippen LogP contribution is 2.36. The highest BCUT2D eigenvalue weighted by Gasteiger charge is 2.32. The van der Waals surface area contributed by atoms with Gasteiger partial charge in [-0.25, -0.2) is 4.39 Å². The van der Waals surface area contributed by atoms with E-state index in [-0.39, 0.29) is 11.2 Å². The Hall–Kier alpha value is 0.590. The van der Waals surface area contributed by atoms with E-state index in [9.17, 15) is 4.39 Å². The summed E-state index contributed by atoms with van der Waals surface area (Å²) in [5, 5.41) is 1.71. The second-order valence-electron chi connectivity index (χ2n) is 4.70. The van der Waals surface area contributed by atoms with Crippen LogP contribution in [-0.4, -0.2) is 10.7 Å². The maximum absolute atomic E-state index is 13.8.